The highest BCUT2D eigenvalue weighted by atomic mass is 32.2. The number of nitrogens with zero attached hydrogens (tertiary/aromatic N) is 1. The molecule has 0 bridgehead atoms. The lowest BCUT2D eigenvalue weighted by Crippen LogP contribution is -2.42. The van der Waals surface area contributed by atoms with Crippen LogP contribution in [0.15, 0.2) is 0 Å². The Morgan fingerprint density at radius 1 is 1.56 bits per heavy atom. The molecule has 1 heterocycles. The first-order valence-electron chi connectivity index (χ1n) is 5.61. The van der Waals surface area contributed by atoms with Gasteiger partial charge in [0.2, 0.25) is 0 Å². The molecule has 6 heteroatoms. The predicted octanol–water partition coefficient (Wildman–Crippen LogP) is 0.210. The van der Waals surface area contributed by atoms with E-state index in [2.05, 4.69) is 4.90 Å². The summed E-state index contributed by atoms with van der Waals surface area (Å²) in [7, 11) is -2.84. The van der Waals surface area contributed by atoms with Gasteiger partial charge in [-0.2, -0.15) is 0 Å². The lowest BCUT2D eigenvalue weighted by atomic mass is 10.1. The highest BCUT2D eigenvalue weighted by Crippen LogP contribution is 2.19. The SMILES string of the molecule is CC(C)N(CCC(=N)N)C1CCS(=O)(=O)C1. The molecule has 0 aromatic carbocycles. The molecule has 0 aromatic heterocycles. The minimum atomic E-state index is -2.84. The lowest BCUT2D eigenvalue weighted by molar-refractivity contribution is 0.172. The van der Waals surface area contributed by atoms with E-state index in [0.717, 1.165) is 0 Å². The number of hydrogen-bond donors (Lipinski definition) is 2. The van der Waals surface area contributed by atoms with E-state index in [9.17, 15) is 8.42 Å². The number of nitrogens with two attached hydrogens (primary N) is 1. The normalized spacial score (nSPS) is 24.1. The summed E-state index contributed by atoms with van der Waals surface area (Å²) in [4.78, 5) is 2.14. The molecule has 1 atom stereocenters. The van der Waals surface area contributed by atoms with Crippen LogP contribution in [0, 0.1) is 5.41 Å². The summed E-state index contributed by atoms with van der Waals surface area (Å²) in [5.41, 5.74) is 5.33. The molecule has 3 N–H and O–H groups in total. The van der Waals surface area contributed by atoms with Gasteiger partial charge in [-0.15, -0.1) is 0 Å². The second-order valence-electron chi connectivity index (χ2n) is 4.66. The second kappa shape index (κ2) is 5.14. The highest BCUT2D eigenvalue weighted by molar-refractivity contribution is 7.91. The largest absolute Gasteiger partial charge is 0.388 e. The maximum Gasteiger partial charge on any atom is 0.151 e. The van der Waals surface area contributed by atoms with Crippen LogP contribution in [0.1, 0.15) is 26.7 Å². The van der Waals surface area contributed by atoms with Crippen molar-refractivity contribution in [2.45, 2.75) is 38.8 Å². The first-order chi connectivity index (χ1) is 7.32. The number of sulfone groups is 1. The number of hydrogen-bond acceptors (Lipinski definition) is 4. The standard InChI is InChI=1S/C10H21N3O2S/c1-8(2)13(5-3-10(11)12)9-4-6-16(14,15)7-9/h8-9H,3-7H2,1-2H3,(H3,11,12). The van der Waals surface area contributed by atoms with Crippen molar-refractivity contribution in [2.75, 3.05) is 18.1 Å². The number of rotatable bonds is 5. The summed E-state index contributed by atoms with van der Waals surface area (Å²) in [5, 5.41) is 7.21. The van der Waals surface area contributed by atoms with Gasteiger partial charge in [0.05, 0.1) is 17.3 Å². The summed E-state index contributed by atoms with van der Waals surface area (Å²) in [6.45, 7) is 4.77. The van der Waals surface area contributed by atoms with Gasteiger partial charge in [0, 0.05) is 25.0 Å². The summed E-state index contributed by atoms with van der Waals surface area (Å²) in [6, 6.07) is 0.391. The van der Waals surface area contributed by atoms with Crippen molar-refractivity contribution < 1.29 is 8.42 Å². The Hall–Kier alpha value is -0.620. The van der Waals surface area contributed by atoms with E-state index in [-0.39, 0.29) is 23.7 Å². The maximum atomic E-state index is 11.4. The van der Waals surface area contributed by atoms with Gasteiger partial charge in [-0.3, -0.25) is 10.3 Å². The minimum absolute atomic E-state index is 0.101. The molecule has 16 heavy (non-hydrogen) atoms. The third-order valence-electron chi connectivity index (χ3n) is 2.98. The van der Waals surface area contributed by atoms with Crippen LogP contribution in [-0.4, -0.2) is 49.3 Å². The molecule has 1 rings (SSSR count). The molecular formula is C10H21N3O2S. The van der Waals surface area contributed by atoms with Crippen molar-refractivity contribution in [3.05, 3.63) is 0 Å². The summed E-state index contributed by atoms with van der Waals surface area (Å²) >= 11 is 0. The first-order valence-corrected chi connectivity index (χ1v) is 7.43. The van der Waals surface area contributed by atoms with Crippen LogP contribution in [0.2, 0.25) is 0 Å². The van der Waals surface area contributed by atoms with E-state index in [1.807, 2.05) is 13.8 Å². The molecule has 0 radical (unpaired) electrons. The Morgan fingerprint density at radius 2 is 2.19 bits per heavy atom. The Kier molecular flexibility index (Phi) is 4.32. The molecule has 0 spiro atoms. The average molecular weight is 247 g/mol. The van der Waals surface area contributed by atoms with Crippen LogP contribution in [-0.2, 0) is 9.84 Å². The van der Waals surface area contributed by atoms with Crippen molar-refractivity contribution in [3.8, 4) is 0 Å². The van der Waals surface area contributed by atoms with Crippen LogP contribution in [0.25, 0.3) is 0 Å². The molecule has 1 unspecified atom stereocenters. The molecule has 1 saturated heterocycles. The maximum absolute atomic E-state index is 11.4. The van der Waals surface area contributed by atoms with Crippen molar-refractivity contribution >= 4 is 15.7 Å². The first kappa shape index (κ1) is 13.4. The van der Waals surface area contributed by atoms with Crippen LogP contribution in [0.4, 0.5) is 0 Å². The fourth-order valence-electron chi connectivity index (χ4n) is 2.15. The average Bonchev–Trinajstić information content (AvgIpc) is 2.45. The fourth-order valence-corrected chi connectivity index (χ4v) is 3.89. The molecule has 0 saturated carbocycles. The van der Waals surface area contributed by atoms with Gasteiger partial charge in [-0.25, -0.2) is 8.42 Å². The van der Waals surface area contributed by atoms with E-state index in [1.54, 1.807) is 0 Å². The Bertz CT molecular complexity index is 351. The van der Waals surface area contributed by atoms with Gasteiger partial charge in [0.1, 0.15) is 0 Å². The zero-order valence-corrected chi connectivity index (χ0v) is 10.8. The molecule has 1 aliphatic heterocycles. The van der Waals surface area contributed by atoms with Crippen molar-refractivity contribution in [2.24, 2.45) is 5.73 Å². The van der Waals surface area contributed by atoms with E-state index in [4.69, 9.17) is 11.1 Å². The van der Waals surface area contributed by atoms with Crippen LogP contribution in [0.3, 0.4) is 0 Å². The summed E-state index contributed by atoms with van der Waals surface area (Å²) in [5.74, 6) is 0.704. The second-order valence-corrected chi connectivity index (χ2v) is 6.89. The smallest absolute Gasteiger partial charge is 0.151 e. The quantitative estimate of drug-likeness (QED) is 0.537. The van der Waals surface area contributed by atoms with E-state index in [1.165, 1.54) is 0 Å². The molecular weight excluding hydrogens is 226 g/mol. The van der Waals surface area contributed by atoms with Crippen LogP contribution >= 0.6 is 0 Å². The molecule has 0 aromatic rings. The van der Waals surface area contributed by atoms with Gasteiger partial charge in [0.15, 0.2) is 9.84 Å². The monoisotopic (exact) mass is 247 g/mol. The molecule has 0 aliphatic carbocycles. The topological polar surface area (TPSA) is 87.2 Å². The molecule has 0 amide bonds. The van der Waals surface area contributed by atoms with Crippen LogP contribution in [0.5, 0.6) is 0 Å². The Morgan fingerprint density at radius 3 is 2.56 bits per heavy atom. The summed E-state index contributed by atoms with van der Waals surface area (Å²) in [6.07, 6.45) is 1.22. The van der Waals surface area contributed by atoms with Crippen molar-refractivity contribution in [3.63, 3.8) is 0 Å². The van der Waals surface area contributed by atoms with E-state index < -0.39 is 9.84 Å². The third kappa shape index (κ3) is 3.75. The molecule has 1 fully saturated rings. The van der Waals surface area contributed by atoms with Gasteiger partial charge in [-0.1, -0.05) is 0 Å². The summed E-state index contributed by atoms with van der Waals surface area (Å²) < 4.78 is 22.8. The van der Waals surface area contributed by atoms with E-state index >= 15 is 0 Å². The zero-order valence-electron chi connectivity index (χ0n) is 9.94. The molecule has 94 valence electrons. The van der Waals surface area contributed by atoms with Gasteiger partial charge in [0.25, 0.3) is 0 Å². The fraction of sp³-hybridized carbons (Fsp3) is 0.900. The highest BCUT2D eigenvalue weighted by Gasteiger charge is 2.33. The Labute approximate surface area is 97.4 Å². The third-order valence-corrected chi connectivity index (χ3v) is 4.73. The van der Waals surface area contributed by atoms with Gasteiger partial charge >= 0.3 is 0 Å². The Balaban J connectivity index is 2.61. The minimum Gasteiger partial charge on any atom is -0.388 e. The van der Waals surface area contributed by atoms with Gasteiger partial charge < -0.3 is 5.73 Å². The van der Waals surface area contributed by atoms with E-state index in [0.29, 0.717) is 25.1 Å². The number of nitrogens with one attached hydrogen (secondary N) is 1. The zero-order chi connectivity index (χ0) is 12.3. The number of amidine groups is 1. The predicted molar refractivity (Wildman–Crippen MR) is 65.4 cm³/mol. The van der Waals surface area contributed by atoms with Gasteiger partial charge in [-0.05, 0) is 20.3 Å². The molecule has 1 aliphatic rings. The lowest BCUT2D eigenvalue weighted by Gasteiger charge is -2.31. The van der Waals surface area contributed by atoms with Crippen molar-refractivity contribution in [1.29, 1.82) is 5.41 Å². The molecule has 5 nitrogen and oxygen atoms in total. The van der Waals surface area contributed by atoms with Crippen molar-refractivity contribution in [1.82, 2.24) is 4.90 Å². The van der Waals surface area contributed by atoms with Crippen LogP contribution < -0.4 is 5.73 Å².